The van der Waals surface area contributed by atoms with Crippen molar-refractivity contribution in [3.05, 3.63) is 18.0 Å². The molecule has 0 aromatic carbocycles. The van der Waals surface area contributed by atoms with Gasteiger partial charge in [-0.3, -0.25) is 24.6 Å². The highest BCUT2D eigenvalue weighted by molar-refractivity contribution is 6.02. The van der Waals surface area contributed by atoms with Gasteiger partial charge in [0.25, 0.3) is 0 Å². The third kappa shape index (κ3) is 2.94. The molecule has 2 fully saturated rings. The Hall–Kier alpha value is -2.48. The zero-order valence-electron chi connectivity index (χ0n) is 15.2. The Morgan fingerprint density at radius 1 is 1.23 bits per heavy atom. The van der Waals surface area contributed by atoms with E-state index in [9.17, 15) is 9.59 Å². The second-order valence-corrected chi connectivity index (χ2v) is 7.12. The molecule has 8 heteroatoms. The number of hydrogen-bond acceptors (Lipinski definition) is 6. The Morgan fingerprint density at radius 3 is 2.69 bits per heavy atom. The molecule has 1 unspecified atom stereocenters. The number of nitrogens with one attached hydrogen (secondary N) is 2. The molecule has 0 radical (unpaired) electrons. The summed E-state index contributed by atoms with van der Waals surface area (Å²) < 4.78 is 1.78. The van der Waals surface area contributed by atoms with Crippen molar-refractivity contribution in [3.63, 3.8) is 0 Å². The second-order valence-electron chi connectivity index (χ2n) is 7.12. The van der Waals surface area contributed by atoms with E-state index in [1.807, 2.05) is 20.3 Å². The molecule has 2 aliphatic rings. The third-order valence-corrected chi connectivity index (χ3v) is 5.54. The van der Waals surface area contributed by atoms with E-state index in [0.717, 1.165) is 42.7 Å². The number of piperidine rings is 2. The highest BCUT2D eigenvalue weighted by Crippen LogP contribution is 2.31. The molecular weight excluding hydrogens is 332 g/mol. The van der Waals surface area contributed by atoms with Crippen molar-refractivity contribution in [2.45, 2.75) is 37.6 Å². The molecule has 4 rings (SSSR count). The first-order valence-electron chi connectivity index (χ1n) is 9.15. The summed E-state index contributed by atoms with van der Waals surface area (Å²) in [6.07, 6.45) is 4.92. The zero-order valence-corrected chi connectivity index (χ0v) is 15.2. The van der Waals surface area contributed by atoms with Crippen LogP contribution >= 0.6 is 0 Å². The van der Waals surface area contributed by atoms with Crippen LogP contribution in [0.4, 0.5) is 5.69 Å². The number of amides is 2. The average Bonchev–Trinajstić information content (AvgIpc) is 2.98. The van der Waals surface area contributed by atoms with Crippen LogP contribution in [-0.2, 0) is 16.6 Å². The number of carbonyl (C=O) groups excluding carboxylic acids is 2. The molecule has 26 heavy (non-hydrogen) atoms. The van der Waals surface area contributed by atoms with Crippen LogP contribution in [0.3, 0.4) is 0 Å². The highest BCUT2D eigenvalue weighted by Gasteiger charge is 2.32. The molecule has 0 saturated carbocycles. The molecular formula is C18H24N6O2. The molecule has 8 nitrogen and oxygen atoms in total. The highest BCUT2D eigenvalue weighted by atomic mass is 16.2. The third-order valence-electron chi connectivity index (χ3n) is 5.54. The van der Waals surface area contributed by atoms with Crippen LogP contribution in [-0.4, -0.2) is 52.8 Å². The van der Waals surface area contributed by atoms with Crippen molar-refractivity contribution in [2.75, 3.05) is 25.0 Å². The first-order chi connectivity index (χ1) is 12.6. The summed E-state index contributed by atoms with van der Waals surface area (Å²) in [6.45, 7) is 1.99. The lowest BCUT2D eigenvalue weighted by molar-refractivity contribution is -0.134. The van der Waals surface area contributed by atoms with E-state index in [-0.39, 0.29) is 11.8 Å². The quantitative estimate of drug-likeness (QED) is 0.786. The number of fused-ring (bicyclic) bond motifs is 1. The molecule has 2 amide bonds. The molecule has 2 N–H and O–H groups in total. The Bertz CT molecular complexity index is 853. The van der Waals surface area contributed by atoms with Crippen LogP contribution in [0.1, 0.15) is 37.3 Å². The van der Waals surface area contributed by atoms with Crippen molar-refractivity contribution in [2.24, 2.45) is 7.05 Å². The summed E-state index contributed by atoms with van der Waals surface area (Å²) in [5.41, 5.74) is 3.41. The van der Waals surface area contributed by atoms with Gasteiger partial charge < -0.3 is 10.2 Å². The standard InChI is InChI=1S/C18H24N6O2/c1-19-11-5-7-24(8-6-11)12-9-14-17(20-10-12)16(22-23(14)2)13-3-4-15(25)21-18(13)26/h9-11,13,19H,3-8H2,1-2H3,(H,21,25,26). The number of carbonyl (C=O) groups is 2. The lowest BCUT2D eigenvalue weighted by Gasteiger charge is -2.33. The lowest BCUT2D eigenvalue weighted by atomic mass is 9.94. The fourth-order valence-electron chi connectivity index (χ4n) is 3.94. The maximum atomic E-state index is 12.2. The normalized spacial score (nSPS) is 22.1. The number of hydrogen-bond donors (Lipinski definition) is 2. The number of imide groups is 1. The van der Waals surface area contributed by atoms with Crippen LogP contribution < -0.4 is 15.5 Å². The van der Waals surface area contributed by atoms with E-state index in [2.05, 4.69) is 31.7 Å². The number of pyridine rings is 1. The topological polar surface area (TPSA) is 92.2 Å². The van der Waals surface area contributed by atoms with Gasteiger partial charge in [-0.2, -0.15) is 5.10 Å². The minimum absolute atomic E-state index is 0.216. The van der Waals surface area contributed by atoms with Gasteiger partial charge in [0.1, 0.15) is 11.2 Å². The Labute approximate surface area is 151 Å². The fourth-order valence-corrected chi connectivity index (χ4v) is 3.94. The van der Waals surface area contributed by atoms with E-state index in [0.29, 0.717) is 24.6 Å². The van der Waals surface area contributed by atoms with Gasteiger partial charge in [-0.05, 0) is 32.4 Å². The predicted octanol–water partition coefficient (Wildman–Crippen LogP) is 0.677. The average molecular weight is 356 g/mol. The minimum atomic E-state index is -0.416. The van der Waals surface area contributed by atoms with Crippen molar-refractivity contribution < 1.29 is 9.59 Å². The van der Waals surface area contributed by atoms with Gasteiger partial charge >= 0.3 is 0 Å². The second kappa shape index (κ2) is 6.68. The SMILES string of the molecule is CNC1CCN(c2cnc3c(C4CCC(=O)NC4=O)nn(C)c3c2)CC1. The van der Waals surface area contributed by atoms with Gasteiger partial charge in [0.15, 0.2) is 0 Å². The molecule has 138 valence electrons. The Balaban J connectivity index is 1.63. The summed E-state index contributed by atoms with van der Waals surface area (Å²) in [7, 11) is 3.89. The summed E-state index contributed by atoms with van der Waals surface area (Å²) >= 11 is 0. The summed E-state index contributed by atoms with van der Waals surface area (Å²) in [4.78, 5) is 30.6. The first-order valence-corrected chi connectivity index (χ1v) is 9.15. The molecule has 4 heterocycles. The van der Waals surface area contributed by atoms with Gasteiger partial charge in [-0.15, -0.1) is 0 Å². The molecule has 2 saturated heterocycles. The van der Waals surface area contributed by atoms with Gasteiger partial charge in [0.05, 0.1) is 23.3 Å². The largest absolute Gasteiger partial charge is 0.370 e. The first kappa shape index (κ1) is 17.0. The van der Waals surface area contributed by atoms with Gasteiger partial charge in [-0.1, -0.05) is 0 Å². The zero-order chi connectivity index (χ0) is 18.3. The number of rotatable bonds is 3. The number of aromatic nitrogens is 3. The van der Waals surface area contributed by atoms with Crippen molar-refractivity contribution >= 4 is 28.5 Å². The van der Waals surface area contributed by atoms with E-state index in [1.54, 1.807) is 4.68 Å². The lowest BCUT2D eigenvalue weighted by Crippen LogP contribution is -2.41. The van der Waals surface area contributed by atoms with E-state index < -0.39 is 5.92 Å². The van der Waals surface area contributed by atoms with Gasteiger partial charge in [0, 0.05) is 32.6 Å². The van der Waals surface area contributed by atoms with Crippen molar-refractivity contribution in [1.82, 2.24) is 25.4 Å². The summed E-state index contributed by atoms with van der Waals surface area (Å²) in [5, 5.41) is 10.3. The molecule has 2 aromatic rings. The van der Waals surface area contributed by atoms with Crippen LogP contribution in [0.25, 0.3) is 11.0 Å². The number of nitrogens with zero attached hydrogens (tertiary/aromatic N) is 4. The monoisotopic (exact) mass is 356 g/mol. The molecule has 0 aliphatic carbocycles. The number of aryl methyl sites for hydroxylation is 1. The van der Waals surface area contributed by atoms with Gasteiger partial charge in [-0.25, -0.2) is 0 Å². The van der Waals surface area contributed by atoms with Crippen molar-refractivity contribution in [3.8, 4) is 0 Å². The molecule has 1 atom stereocenters. The van der Waals surface area contributed by atoms with Gasteiger partial charge in [0.2, 0.25) is 11.8 Å². The molecule has 0 spiro atoms. The maximum Gasteiger partial charge on any atom is 0.235 e. The van der Waals surface area contributed by atoms with E-state index >= 15 is 0 Å². The van der Waals surface area contributed by atoms with E-state index in [4.69, 9.17) is 0 Å². The fraction of sp³-hybridized carbons (Fsp3) is 0.556. The summed E-state index contributed by atoms with van der Waals surface area (Å²) in [5.74, 6) is -0.908. The molecule has 2 aliphatic heterocycles. The Kier molecular flexibility index (Phi) is 4.36. The summed E-state index contributed by atoms with van der Waals surface area (Å²) in [6, 6.07) is 2.68. The van der Waals surface area contributed by atoms with Crippen LogP contribution in [0.15, 0.2) is 12.3 Å². The molecule has 2 aromatic heterocycles. The van der Waals surface area contributed by atoms with Crippen LogP contribution in [0.5, 0.6) is 0 Å². The molecule has 0 bridgehead atoms. The minimum Gasteiger partial charge on any atom is -0.370 e. The predicted molar refractivity (Wildman–Crippen MR) is 97.9 cm³/mol. The van der Waals surface area contributed by atoms with Crippen LogP contribution in [0.2, 0.25) is 0 Å². The van der Waals surface area contributed by atoms with Crippen molar-refractivity contribution in [1.29, 1.82) is 0 Å². The maximum absolute atomic E-state index is 12.2. The number of anilines is 1. The van der Waals surface area contributed by atoms with Crippen LogP contribution in [0, 0.1) is 0 Å². The smallest absolute Gasteiger partial charge is 0.235 e. The van der Waals surface area contributed by atoms with E-state index in [1.165, 1.54) is 0 Å². The Morgan fingerprint density at radius 2 is 2.00 bits per heavy atom.